The number of hydrogen-bond donors (Lipinski definition) is 1. The SMILES string of the molecule is Cc1ccc(S(=O)(=O)CCC(=O)N2CCC3CCC(C2)N3)cc1. The molecular formula is C17H24N2O3S. The summed E-state index contributed by atoms with van der Waals surface area (Å²) in [5.41, 5.74) is 1.02. The van der Waals surface area contributed by atoms with E-state index in [4.69, 9.17) is 0 Å². The summed E-state index contributed by atoms with van der Waals surface area (Å²) in [4.78, 5) is 14.5. The van der Waals surface area contributed by atoms with Gasteiger partial charge in [0.1, 0.15) is 0 Å². The van der Waals surface area contributed by atoms with Crippen molar-refractivity contribution >= 4 is 15.7 Å². The summed E-state index contributed by atoms with van der Waals surface area (Å²) in [6, 6.07) is 7.69. The van der Waals surface area contributed by atoms with Gasteiger partial charge in [-0.25, -0.2) is 8.42 Å². The van der Waals surface area contributed by atoms with Crippen molar-refractivity contribution in [2.75, 3.05) is 18.8 Å². The summed E-state index contributed by atoms with van der Waals surface area (Å²) in [7, 11) is -3.39. The molecule has 2 aliphatic heterocycles. The summed E-state index contributed by atoms with van der Waals surface area (Å²) in [5.74, 6) is -0.164. The minimum atomic E-state index is -3.39. The predicted octanol–water partition coefficient (Wildman–Crippen LogP) is 1.51. The molecule has 23 heavy (non-hydrogen) atoms. The fraction of sp³-hybridized carbons (Fsp3) is 0.588. The second-order valence-corrected chi connectivity index (χ2v) is 8.76. The zero-order chi connectivity index (χ0) is 16.4. The lowest BCUT2D eigenvalue weighted by atomic mass is 10.1. The van der Waals surface area contributed by atoms with E-state index in [0.717, 1.165) is 24.9 Å². The number of aryl methyl sites for hydroxylation is 1. The van der Waals surface area contributed by atoms with Gasteiger partial charge >= 0.3 is 0 Å². The van der Waals surface area contributed by atoms with E-state index in [2.05, 4.69) is 5.32 Å². The van der Waals surface area contributed by atoms with Crippen LogP contribution in [0.2, 0.25) is 0 Å². The van der Waals surface area contributed by atoms with Crippen molar-refractivity contribution in [2.24, 2.45) is 0 Å². The molecule has 2 atom stereocenters. The minimum absolute atomic E-state index is 0.0463. The molecule has 2 aliphatic rings. The van der Waals surface area contributed by atoms with Gasteiger partial charge in [-0.1, -0.05) is 17.7 Å². The number of rotatable bonds is 4. The molecule has 126 valence electrons. The lowest BCUT2D eigenvalue weighted by Crippen LogP contribution is -2.39. The van der Waals surface area contributed by atoms with E-state index in [0.29, 0.717) is 23.5 Å². The Balaban J connectivity index is 1.58. The molecule has 2 unspecified atom stereocenters. The van der Waals surface area contributed by atoms with Crippen molar-refractivity contribution in [2.45, 2.75) is 49.6 Å². The number of nitrogens with zero attached hydrogens (tertiary/aromatic N) is 1. The van der Waals surface area contributed by atoms with E-state index >= 15 is 0 Å². The van der Waals surface area contributed by atoms with E-state index in [9.17, 15) is 13.2 Å². The number of likely N-dealkylation sites (tertiary alicyclic amines) is 1. The standard InChI is InChI=1S/C17H24N2O3S/c1-13-2-6-16(7-3-13)23(21,22)11-9-17(20)19-10-8-14-4-5-15(12-19)18-14/h2-3,6-7,14-15,18H,4-5,8-12H2,1H3. The van der Waals surface area contributed by atoms with Crippen LogP contribution in [0.1, 0.15) is 31.2 Å². The molecular weight excluding hydrogens is 312 g/mol. The lowest BCUT2D eigenvalue weighted by Gasteiger charge is -2.24. The lowest BCUT2D eigenvalue weighted by molar-refractivity contribution is -0.131. The van der Waals surface area contributed by atoms with Gasteiger partial charge in [-0.3, -0.25) is 4.79 Å². The normalized spacial score (nSPS) is 24.5. The topological polar surface area (TPSA) is 66.5 Å². The molecule has 2 bridgehead atoms. The van der Waals surface area contributed by atoms with Crippen LogP contribution in [-0.4, -0.2) is 50.2 Å². The number of sulfone groups is 1. The van der Waals surface area contributed by atoms with Crippen molar-refractivity contribution in [3.63, 3.8) is 0 Å². The smallest absolute Gasteiger partial charge is 0.223 e. The third-order valence-electron chi connectivity index (χ3n) is 4.84. The first-order chi connectivity index (χ1) is 10.9. The quantitative estimate of drug-likeness (QED) is 0.905. The molecule has 3 rings (SSSR count). The maximum Gasteiger partial charge on any atom is 0.223 e. The van der Waals surface area contributed by atoms with Crippen molar-refractivity contribution in [3.05, 3.63) is 29.8 Å². The number of carbonyl (C=O) groups excluding carboxylic acids is 1. The van der Waals surface area contributed by atoms with Crippen molar-refractivity contribution in [1.82, 2.24) is 10.2 Å². The maximum absolute atomic E-state index is 12.4. The van der Waals surface area contributed by atoms with Gasteiger partial charge in [0.05, 0.1) is 10.6 Å². The van der Waals surface area contributed by atoms with E-state index < -0.39 is 9.84 Å². The Hall–Kier alpha value is -1.40. The van der Waals surface area contributed by atoms with Gasteiger partial charge in [0.2, 0.25) is 5.91 Å². The highest BCUT2D eigenvalue weighted by molar-refractivity contribution is 7.91. The van der Waals surface area contributed by atoms with Gasteiger partial charge in [0, 0.05) is 31.6 Å². The zero-order valence-corrected chi connectivity index (χ0v) is 14.3. The van der Waals surface area contributed by atoms with Crippen LogP contribution < -0.4 is 5.32 Å². The van der Waals surface area contributed by atoms with Crippen LogP contribution in [0.25, 0.3) is 0 Å². The first kappa shape index (κ1) is 16.5. The zero-order valence-electron chi connectivity index (χ0n) is 13.5. The van der Waals surface area contributed by atoms with E-state index in [-0.39, 0.29) is 18.1 Å². The number of benzene rings is 1. The van der Waals surface area contributed by atoms with Crippen LogP contribution in [-0.2, 0) is 14.6 Å². The van der Waals surface area contributed by atoms with Gasteiger partial charge in [-0.05, 0) is 38.3 Å². The Labute approximate surface area is 138 Å². The van der Waals surface area contributed by atoms with Crippen LogP contribution in [0.4, 0.5) is 0 Å². The molecule has 5 nitrogen and oxygen atoms in total. The summed E-state index contributed by atoms with van der Waals surface area (Å²) in [5, 5.41) is 3.53. The maximum atomic E-state index is 12.4. The fourth-order valence-electron chi connectivity index (χ4n) is 3.41. The number of fused-ring (bicyclic) bond motifs is 2. The molecule has 0 aliphatic carbocycles. The van der Waals surface area contributed by atoms with E-state index in [1.165, 1.54) is 6.42 Å². The predicted molar refractivity (Wildman–Crippen MR) is 89.0 cm³/mol. The third-order valence-corrected chi connectivity index (χ3v) is 6.57. The Morgan fingerprint density at radius 2 is 1.87 bits per heavy atom. The molecule has 0 aromatic heterocycles. The van der Waals surface area contributed by atoms with Crippen LogP contribution in [0.5, 0.6) is 0 Å². The van der Waals surface area contributed by atoms with Crippen LogP contribution >= 0.6 is 0 Å². The van der Waals surface area contributed by atoms with Crippen molar-refractivity contribution in [1.29, 1.82) is 0 Å². The average Bonchev–Trinajstić information content (AvgIpc) is 2.84. The summed E-state index contributed by atoms with van der Waals surface area (Å²) in [6.07, 6.45) is 3.32. The summed E-state index contributed by atoms with van der Waals surface area (Å²) < 4.78 is 24.7. The average molecular weight is 336 g/mol. The molecule has 2 heterocycles. The first-order valence-electron chi connectivity index (χ1n) is 8.27. The first-order valence-corrected chi connectivity index (χ1v) is 9.92. The number of amides is 1. The molecule has 6 heteroatoms. The van der Waals surface area contributed by atoms with E-state index in [1.54, 1.807) is 24.3 Å². The fourth-order valence-corrected chi connectivity index (χ4v) is 4.64. The third kappa shape index (κ3) is 3.93. The molecule has 1 amide bonds. The molecule has 1 N–H and O–H groups in total. The Kier molecular flexibility index (Phi) is 4.73. The highest BCUT2D eigenvalue weighted by Gasteiger charge is 2.31. The molecule has 2 fully saturated rings. The Bertz CT molecular complexity index is 670. The molecule has 0 spiro atoms. The number of carbonyl (C=O) groups is 1. The van der Waals surface area contributed by atoms with Crippen molar-refractivity contribution in [3.8, 4) is 0 Å². The van der Waals surface area contributed by atoms with Crippen molar-refractivity contribution < 1.29 is 13.2 Å². The molecule has 1 aromatic carbocycles. The molecule has 0 radical (unpaired) electrons. The van der Waals surface area contributed by atoms with Gasteiger partial charge in [0.15, 0.2) is 9.84 Å². The second-order valence-electron chi connectivity index (χ2n) is 6.65. The molecule has 1 aromatic rings. The Morgan fingerprint density at radius 3 is 2.61 bits per heavy atom. The van der Waals surface area contributed by atoms with E-state index in [1.807, 2.05) is 11.8 Å². The largest absolute Gasteiger partial charge is 0.341 e. The molecule has 0 saturated carbocycles. The summed E-state index contributed by atoms with van der Waals surface area (Å²) in [6.45, 7) is 3.36. The number of hydrogen-bond acceptors (Lipinski definition) is 4. The van der Waals surface area contributed by atoms with Gasteiger partial charge in [-0.2, -0.15) is 0 Å². The van der Waals surface area contributed by atoms with Crippen LogP contribution in [0, 0.1) is 6.92 Å². The monoisotopic (exact) mass is 336 g/mol. The van der Waals surface area contributed by atoms with Gasteiger partial charge in [0.25, 0.3) is 0 Å². The minimum Gasteiger partial charge on any atom is -0.341 e. The second kappa shape index (κ2) is 6.61. The van der Waals surface area contributed by atoms with Gasteiger partial charge < -0.3 is 10.2 Å². The Morgan fingerprint density at radius 1 is 1.17 bits per heavy atom. The molecule has 2 saturated heterocycles. The van der Waals surface area contributed by atoms with Crippen LogP contribution in [0.3, 0.4) is 0 Å². The highest BCUT2D eigenvalue weighted by Crippen LogP contribution is 2.21. The number of nitrogens with one attached hydrogen (secondary N) is 1. The van der Waals surface area contributed by atoms with Crippen LogP contribution in [0.15, 0.2) is 29.2 Å². The van der Waals surface area contributed by atoms with Gasteiger partial charge in [-0.15, -0.1) is 0 Å². The summed E-state index contributed by atoms with van der Waals surface area (Å²) >= 11 is 0. The highest BCUT2D eigenvalue weighted by atomic mass is 32.2.